The van der Waals surface area contributed by atoms with E-state index < -0.39 is 0 Å². The maximum absolute atomic E-state index is 3.15. The van der Waals surface area contributed by atoms with Crippen molar-refractivity contribution in [3.8, 4) is 0 Å². The first-order valence-electron chi connectivity index (χ1n) is 3.95. The second-order valence-electron chi connectivity index (χ2n) is 4.04. The lowest BCUT2D eigenvalue weighted by Crippen LogP contribution is -2.24. The van der Waals surface area contributed by atoms with E-state index in [9.17, 15) is 0 Å². The highest BCUT2D eigenvalue weighted by Gasteiger charge is 2.08. The van der Waals surface area contributed by atoms with Crippen molar-refractivity contribution in [2.45, 2.75) is 20.8 Å². The van der Waals surface area contributed by atoms with Gasteiger partial charge in [0.05, 0.1) is 5.82 Å². The van der Waals surface area contributed by atoms with Gasteiger partial charge in [0.15, 0.2) is 0 Å². The Balaban J connectivity index is 4.36. The molecule has 0 amide bonds. The molecule has 0 aliphatic heterocycles. The quantitative estimate of drug-likeness (QED) is 0.654. The molecular weight excluding hydrogens is 136 g/mol. The molecule has 2 nitrogen and oxygen atoms in total. The van der Waals surface area contributed by atoms with E-state index in [4.69, 9.17) is 0 Å². The number of nitrogens with zero attached hydrogens (tertiary/aromatic N) is 1. The highest BCUT2D eigenvalue weighted by molar-refractivity contribution is 5.02. The van der Waals surface area contributed by atoms with Crippen LogP contribution < -0.4 is 5.32 Å². The summed E-state index contributed by atoms with van der Waals surface area (Å²) in [5.74, 6) is 1.16. The fourth-order valence-electron chi connectivity index (χ4n) is 0.835. The molecule has 1 N–H and O–H groups in total. The maximum Gasteiger partial charge on any atom is 0.0969 e. The zero-order valence-corrected chi connectivity index (χ0v) is 8.52. The second kappa shape index (κ2) is 3.65. The first-order valence-corrected chi connectivity index (χ1v) is 3.95. The van der Waals surface area contributed by atoms with Gasteiger partial charge >= 0.3 is 0 Å². The molecule has 66 valence electrons. The molecule has 0 radical (unpaired) electrons. The third-order valence-electron chi connectivity index (χ3n) is 1.31. The Labute approximate surface area is 70.3 Å². The van der Waals surface area contributed by atoms with Crippen LogP contribution in [0.5, 0.6) is 0 Å². The Morgan fingerprint density at radius 1 is 1.27 bits per heavy atom. The van der Waals surface area contributed by atoms with Crippen molar-refractivity contribution in [3.63, 3.8) is 0 Å². The minimum Gasteiger partial charge on any atom is -0.375 e. The molecule has 0 unspecified atom stereocenters. The van der Waals surface area contributed by atoms with Crippen LogP contribution >= 0.6 is 0 Å². The summed E-state index contributed by atoms with van der Waals surface area (Å²) in [4.78, 5) is 2.07. The molecule has 11 heavy (non-hydrogen) atoms. The van der Waals surface area contributed by atoms with Crippen molar-refractivity contribution < 1.29 is 0 Å². The Morgan fingerprint density at radius 3 is 1.82 bits per heavy atom. The average Bonchev–Trinajstić information content (AvgIpc) is 1.80. The Kier molecular flexibility index (Phi) is 3.43. The molecule has 0 atom stereocenters. The Bertz CT molecular complexity index is 140. The first-order chi connectivity index (χ1) is 4.87. The van der Waals surface area contributed by atoms with Crippen molar-refractivity contribution in [2.24, 2.45) is 5.41 Å². The fourth-order valence-corrected chi connectivity index (χ4v) is 0.835. The van der Waals surface area contributed by atoms with Crippen LogP contribution in [-0.4, -0.2) is 26.0 Å². The van der Waals surface area contributed by atoms with Crippen LogP contribution in [0.4, 0.5) is 0 Å². The normalized spacial score (nSPS) is 13.1. The molecule has 0 aliphatic rings. The van der Waals surface area contributed by atoms with Gasteiger partial charge in [-0.25, -0.2) is 0 Å². The van der Waals surface area contributed by atoms with Crippen LogP contribution in [0.15, 0.2) is 11.9 Å². The summed E-state index contributed by atoms with van der Waals surface area (Å²) >= 11 is 0. The summed E-state index contributed by atoms with van der Waals surface area (Å²) < 4.78 is 0. The molecule has 0 saturated carbocycles. The van der Waals surface area contributed by atoms with Gasteiger partial charge in [0, 0.05) is 21.1 Å². The number of allylic oxidation sites excluding steroid dienone is 1. The van der Waals surface area contributed by atoms with E-state index in [1.54, 1.807) is 0 Å². The molecule has 0 aromatic heterocycles. The number of rotatable bonds is 2. The van der Waals surface area contributed by atoms with E-state index in [-0.39, 0.29) is 5.41 Å². The highest BCUT2D eigenvalue weighted by Crippen LogP contribution is 2.16. The van der Waals surface area contributed by atoms with Crippen molar-refractivity contribution in [3.05, 3.63) is 11.9 Å². The topological polar surface area (TPSA) is 15.3 Å². The summed E-state index contributed by atoms with van der Waals surface area (Å²) in [5, 5.41) is 3.15. The lowest BCUT2D eigenvalue weighted by Gasteiger charge is -2.21. The van der Waals surface area contributed by atoms with Gasteiger partial charge < -0.3 is 10.2 Å². The zero-order valence-electron chi connectivity index (χ0n) is 8.52. The van der Waals surface area contributed by atoms with E-state index in [0.29, 0.717) is 0 Å². The van der Waals surface area contributed by atoms with E-state index in [0.717, 1.165) is 5.82 Å². The van der Waals surface area contributed by atoms with Gasteiger partial charge in [0.25, 0.3) is 0 Å². The largest absolute Gasteiger partial charge is 0.375 e. The summed E-state index contributed by atoms with van der Waals surface area (Å²) in [7, 11) is 6.01. The fraction of sp³-hybridized carbons (Fsp3) is 0.778. The molecule has 0 bridgehead atoms. The summed E-state index contributed by atoms with van der Waals surface area (Å²) in [6.07, 6.45) is 2.22. The smallest absolute Gasteiger partial charge is 0.0969 e. The second-order valence-corrected chi connectivity index (χ2v) is 4.04. The van der Waals surface area contributed by atoms with Crippen molar-refractivity contribution in [2.75, 3.05) is 21.1 Å². The predicted octanol–water partition coefficient (Wildman–Crippen LogP) is 1.65. The molecule has 0 aromatic carbocycles. The van der Waals surface area contributed by atoms with Crippen LogP contribution in [0.25, 0.3) is 0 Å². The molecule has 0 rings (SSSR count). The molecule has 0 saturated heterocycles. The van der Waals surface area contributed by atoms with Crippen LogP contribution in [0, 0.1) is 5.41 Å². The molecule has 0 aliphatic carbocycles. The Morgan fingerprint density at radius 2 is 1.73 bits per heavy atom. The van der Waals surface area contributed by atoms with E-state index in [1.165, 1.54) is 0 Å². The van der Waals surface area contributed by atoms with Crippen molar-refractivity contribution in [1.82, 2.24) is 10.2 Å². The molecule has 0 spiro atoms. The van der Waals surface area contributed by atoms with Crippen molar-refractivity contribution >= 4 is 0 Å². The number of hydrogen-bond acceptors (Lipinski definition) is 2. The first kappa shape index (κ1) is 10.3. The minimum atomic E-state index is 0.239. The van der Waals surface area contributed by atoms with Crippen molar-refractivity contribution in [1.29, 1.82) is 0 Å². The summed E-state index contributed by atoms with van der Waals surface area (Å²) in [6, 6.07) is 0. The lowest BCUT2D eigenvalue weighted by molar-refractivity contribution is 0.444. The molecule has 0 aromatic rings. The minimum absolute atomic E-state index is 0.239. The van der Waals surface area contributed by atoms with Gasteiger partial charge in [0.1, 0.15) is 0 Å². The zero-order chi connectivity index (χ0) is 9.07. The van der Waals surface area contributed by atoms with E-state index in [1.807, 2.05) is 21.1 Å². The maximum atomic E-state index is 3.15. The van der Waals surface area contributed by atoms with Gasteiger partial charge in [-0.1, -0.05) is 20.8 Å². The third kappa shape index (κ3) is 4.71. The molecule has 0 fully saturated rings. The van der Waals surface area contributed by atoms with Gasteiger partial charge in [-0.2, -0.15) is 0 Å². The highest BCUT2D eigenvalue weighted by atomic mass is 15.2. The summed E-state index contributed by atoms with van der Waals surface area (Å²) in [5.41, 5.74) is 0.239. The van der Waals surface area contributed by atoms with Gasteiger partial charge in [0.2, 0.25) is 0 Å². The predicted molar refractivity (Wildman–Crippen MR) is 50.3 cm³/mol. The lowest BCUT2D eigenvalue weighted by atomic mass is 9.96. The third-order valence-corrected chi connectivity index (χ3v) is 1.31. The number of nitrogens with one attached hydrogen (secondary N) is 1. The number of hydrogen-bond donors (Lipinski definition) is 1. The van der Waals surface area contributed by atoms with Gasteiger partial charge in [-0.05, 0) is 11.5 Å². The van der Waals surface area contributed by atoms with Gasteiger partial charge in [-0.15, -0.1) is 0 Å². The van der Waals surface area contributed by atoms with Gasteiger partial charge in [-0.3, -0.25) is 0 Å². The monoisotopic (exact) mass is 156 g/mol. The van der Waals surface area contributed by atoms with E-state index >= 15 is 0 Å². The van der Waals surface area contributed by atoms with Crippen LogP contribution in [0.1, 0.15) is 20.8 Å². The summed E-state index contributed by atoms with van der Waals surface area (Å²) in [6.45, 7) is 6.56. The average molecular weight is 156 g/mol. The molecule has 0 heterocycles. The standard InChI is InChI=1S/C9H20N2/c1-9(2,3)7-8(10-4)11(5)6/h7,10H,1-6H3/b8-7+. The van der Waals surface area contributed by atoms with E-state index in [2.05, 4.69) is 37.1 Å². The SMILES string of the molecule is CN/C(=C\C(C)(C)C)N(C)C. The molecular formula is C9H20N2. The van der Waals surface area contributed by atoms with Crippen LogP contribution in [0.3, 0.4) is 0 Å². The Hall–Kier alpha value is -0.660. The van der Waals surface area contributed by atoms with Crippen LogP contribution in [-0.2, 0) is 0 Å². The van der Waals surface area contributed by atoms with Crippen LogP contribution in [0.2, 0.25) is 0 Å². The molecule has 2 heteroatoms.